The van der Waals surface area contributed by atoms with Gasteiger partial charge < -0.3 is 25.0 Å². The second-order valence-electron chi connectivity index (χ2n) is 14.1. The van der Waals surface area contributed by atoms with Gasteiger partial charge in [-0.25, -0.2) is 13.8 Å². The van der Waals surface area contributed by atoms with Gasteiger partial charge in [0.25, 0.3) is 0 Å². The highest BCUT2D eigenvalue weighted by atomic mass is 19.4. The molecule has 3 atom stereocenters. The molecule has 0 bridgehead atoms. The Balaban J connectivity index is 1.21. The molecule has 0 saturated carbocycles. The number of hydrogen-bond donors (Lipinski definition) is 1. The highest BCUT2D eigenvalue weighted by Crippen LogP contribution is 2.42. The van der Waals surface area contributed by atoms with Gasteiger partial charge in [-0.15, -0.1) is 0 Å². The standard InChI is InChI=1S/C35H42F5N9O3/c1-21-15-25(41)43-30(27(21)35(38,39)40)31-28(37)29-24(17-42-31)32(45-33(44-29)52-20-34-7-4-9-49(34)18-22(36)16-34)46(2)23-6-10-48(19-23)26(50)5-3-8-47-11-13-51-14-12-47/h3,5,15,17,22-23H,4,6-14,16,18-20H2,1-2H3,(H2,41,43)/b5-3+/t22-,23-,34+/m1/s1. The third kappa shape index (κ3) is 7.09. The molecule has 4 aliphatic heterocycles. The van der Waals surface area contributed by atoms with E-state index in [0.717, 1.165) is 32.1 Å². The highest BCUT2D eigenvalue weighted by Gasteiger charge is 2.49. The van der Waals surface area contributed by atoms with Crippen molar-refractivity contribution in [3.05, 3.63) is 41.4 Å². The first-order valence-corrected chi connectivity index (χ1v) is 17.5. The molecule has 12 nitrogen and oxygen atoms in total. The van der Waals surface area contributed by atoms with Crippen molar-refractivity contribution < 1.29 is 36.2 Å². The zero-order valence-corrected chi connectivity index (χ0v) is 29.1. The maximum Gasteiger partial charge on any atom is 0.418 e. The Bertz CT molecular complexity index is 1860. The molecular weight excluding hydrogens is 689 g/mol. The minimum absolute atomic E-state index is 0.0539. The molecule has 7 heterocycles. The Hall–Kier alpha value is -4.22. The first-order valence-electron chi connectivity index (χ1n) is 17.5. The number of likely N-dealkylation sites (N-methyl/N-ethyl adjacent to an activating group) is 1. The van der Waals surface area contributed by atoms with Crippen LogP contribution in [0.5, 0.6) is 6.01 Å². The molecule has 4 aliphatic rings. The Kier molecular flexibility index (Phi) is 9.95. The number of aromatic nitrogens is 4. The molecule has 0 spiro atoms. The lowest BCUT2D eigenvalue weighted by Crippen LogP contribution is -2.43. The minimum atomic E-state index is -4.87. The lowest BCUT2D eigenvalue weighted by molar-refractivity contribution is -0.137. The van der Waals surface area contributed by atoms with Gasteiger partial charge in [0.15, 0.2) is 5.82 Å². The molecule has 2 N–H and O–H groups in total. The van der Waals surface area contributed by atoms with Crippen LogP contribution < -0.4 is 15.4 Å². The number of nitrogen functional groups attached to an aromatic ring is 1. The Labute approximate surface area is 297 Å². The van der Waals surface area contributed by atoms with Gasteiger partial charge in [-0.1, -0.05) is 6.08 Å². The number of pyridine rings is 2. The second-order valence-corrected chi connectivity index (χ2v) is 14.1. The molecule has 52 heavy (non-hydrogen) atoms. The number of likely N-dealkylation sites (tertiary alicyclic amines) is 1. The number of nitrogens with two attached hydrogens (primary N) is 1. The quantitative estimate of drug-likeness (QED) is 0.254. The smallest absolute Gasteiger partial charge is 0.418 e. The largest absolute Gasteiger partial charge is 0.461 e. The molecule has 0 radical (unpaired) electrons. The van der Waals surface area contributed by atoms with E-state index in [1.807, 2.05) is 6.08 Å². The van der Waals surface area contributed by atoms with Crippen LogP contribution in [0, 0.1) is 12.7 Å². The molecule has 4 fully saturated rings. The number of amides is 1. The summed E-state index contributed by atoms with van der Waals surface area (Å²) < 4.78 is 85.4. The van der Waals surface area contributed by atoms with Crippen molar-refractivity contribution in [3.63, 3.8) is 0 Å². The van der Waals surface area contributed by atoms with Crippen molar-refractivity contribution in [1.29, 1.82) is 0 Å². The van der Waals surface area contributed by atoms with Gasteiger partial charge in [-0.05, 0) is 44.4 Å². The first kappa shape index (κ1) is 36.2. The van der Waals surface area contributed by atoms with Crippen LogP contribution >= 0.6 is 0 Å². The fourth-order valence-electron chi connectivity index (χ4n) is 8.02. The Morgan fingerprint density at radius 1 is 1.15 bits per heavy atom. The summed E-state index contributed by atoms with van der Waals surface area (Å²) in [4.78, 5) is 37.9. The van der Waals surface area contributed by atoms with Gasteiger partial charge in [0.05, 0.1) is 29.7 Å². The molecule has 0 aromatic carbocycles. The second kappa shape index (κ2) is 14.3. The van der Waals surface area contributed by atoms with Gasteiger partial charge in [0, 0.05) is 71.1 Å². The molecule has 3 aromatic rings. The fraction of sp³-hybridized carbons (Fsp3) is 0.571. The molecule has 0 unspecified atom stereocenters. The average Bonchev–Trinajstić information content (AvgIpc) is 3.81. The number of hydrogen-bond acceptors (Lipinski definition) is 11. The lowest BCUT2D eigenvalue weighted by atomic mass is 9.95. The molecule has 3 aromatic heterocycles. The molecule has 1 amide bonds. The predicted octanol–water partition coefficient (Wildman–Crippen LogP) is 4.02. The summed E-state index contributed by atoms with van der Waals surface area (Å²) >= 11 is 0. The highest BCUT2D eigenvalue weighted by molar-refractivity contribution is 5.92. The number of rotatable bonds is 9. The number of carbonyl (C=O) groups excluding carboxylic acids is 1. The topological polar surface area (TPSA) is 126 Å². The summed E-state index contributed by atoms with van der Waals surface area (Å²) in [5.74, 6) is -1.29. The first-order chi connectivity index (χ1) is 24.8. The van der Waals surface area contributed by atoms with Crippen LogP contribution in [-0.2, 0) is 15.7 Å². The normalized spacial score (nSPS) is 24.3. The number of morpholine rings is 1. The number of aryl methyl sites for hydroxylation is 1. The monoisotopic (exact) mass is 731 g/mol. The van der Waals surface area contributed by atoms with Crippen molar-refractivity contribution in [2.45, 2.75) is 56.5 Å². The van der Waals surface area contributed by atoms with Crippen LogP contribution in [0.15, 0.2) is 24.4 Å². The number of fused-ring (bicyclic) bond motifs is 2. The number of ether oxygens (including phenoxy) is 2. The van der Waals surface area contributed by atoms with Crippen LogP contribution in [0.1, 0.15) is 36.8 Å². The number of alkyl halides is 4. The fourth-order valence-corrected chi connectivity index (χ4v) is 8.02. The van der Waals surface area contributed by atoms with Crippen LogP contribution in [0.4, 0.5) is 33.6 Å². The summed E-state index contributed by atoms with van der Waals surface area (Å²) in [7, 11) is 1.75. The summed E-state index contributed by atoms with van der Waals surface area (Å²) in [6, 6.07) is 0.615. The maximum atomic E-state index is 16.6. The molecule has 17 heteroatoms. The molecule has 0 aliphatic carbocycles. The van der Waals surface area contributed by atoms with E-state index in [1.54, 1.807) is 22.9 Å². The third-order valence-corrected chi connectivity index (χ3v) is 10.7. The Morgan fingerprint density at radius 3 is 2.71 bits per heavy atom. The number of halogens is 5. The summed E-state index contributed by atoms with van der Waals surface area (Å²) in [5.41, 5.74) is 2.12. The number of carbonyl (C=O) groups is 1. The van der Waals surface area contributed by atoms with Crippen LogP contribution in [0.3, 0.4) is 0 Å². The van der Waals surface area contributed by atoms with E-state index in [-0.39, 0.29) is 59.1 Å². The van der Waals surface area contributed by atoms with Crippen molar-refractivity contribution in [2.24, 2.45) is 0 Å². The van der Waals surface area contributed by atoms with Gasteiger partial charge in [-0.2, -0.15) is 23.1 Å². The number of nitrogens with zero attached hydrogens (tertiary/aromatic N) is 8. The zero-order chi connectivity index (χ0) is 36.8. The van der Waals surface area contributed by atoms with Gasteiger partial charge in [0.2, 0.25) is 5.91 Å². The van der Waals surface area contributed by atoms with Crippen molar-refractivity contribution in [3.8, 4) is 17.4 Å². The van der Waals surface area contributed by atoms with E-state index in [1.165, 1.54) is 13.1 Å². The van der Waals surface area contributed by atoms with Gasteiger partial charge in [-0.3, -0.25) is 19.6 Å². The molecule has 4 saturated heterocycles. The van der Waals surface area contributed by atoms with E-state index in [2.05, 4.69) is 29.7 Å². The van der Waals surface area contributed by atoms with E-state index in [9.17, 15) is 22.4 Å². The van der Waals surface area contributed by atoms with E-state index >= 15 is 4.39 Å². The Morgan fingerprint density at radius 2 is 1.94 bits per heavy atom. The van der Waals surface area contributed by atoms with Gasteiger partial charge >= 0.3 is 12.2 Å². The van der Waals surface area contributed by atoms with Crippen LogP contribution in [0.25, 0.3) is 22.3 Å². The van der Waals surface area contributed by atoms with Crippen molar-refractivity contribution >= 4 is 28.4 Å². The van der Waals surface area contributed by atoms with Crippen LogP contribution in [-0.4, -0.2) is 131 Å². The molecule has 7 rings (SSSR count). The SMILES string of the molecule is Cc1cc(N)nc(-c2ncc3c(N(C)[C@@H]4CCN(C(=O)/C=C/CN5CCOCC5)C4)nc(OC[C@@]45CCCN4C[C@H](F)C5)nc3c2F)c1C(F)(F)F. The van der Waals surface area contributed by atoms with Gasteiger partial charge in [0.1, 0.15) is 41.3 Å². The average molecular weight is 732 g/mol. The van der Waals surface area contributed by atoms with Crippen molar-refractivity contribution in [1.82, 2.24) is 34.6 Å². The predicted molar refractivity (Wildman–Crippen MR) is 183 cm³/mol. The summed E-state index contributed by atoms with van der Waals surface area (Å²) in [5, 5.41) is 0.130. The van der Waals surface area contributed by atoms with E-state index < -0.39 is 40.7 Å². The zero-order valence-electron chi connectivity index (χ0n) is 29.1. The molecular formula is C35H42F5N9O3. The summed E-state index contributed by atoms with van der Waals surface area (Å²) in [6.45, 7) is 6.71. The van der Waals surface area contributed by atoms with Crippen LogP contribution in [0.2, 0.25) is 0 Å². The third-order valence-electron chi connectivity index (χ3n) is 10.7. The number of anilines is 2. The van der Waals surface area contributed by atoms with E-state index in [4.69, 9.17) is 15.2 Å². The lowest BCUT2D eigenvalue weighted by Gasteiger charge is -2.31. The maximum absolute atomic E-state index is 16.6. The molecule has 280 valence electrons. The summed E-state index contributed by atoms with van der Waals surface area (Å²) in [6.07, 6.45) is 1.20. The minimum Gasteiger partial charge on any atom is -0.461 e. The van der Waals surface area contributed by atoms with E-state index in [0.29, 0.717) is 52.2 Å². The van der Waals surface area contributed by atoms with Crippen molar-refractivity contribution in [2.75, 3.05) is 83.3 Å².